The van der Waals surface area contributed by atoms with Crippen LogP contribution in [-0.2, 0) is 13.1 Å². The van der Waals surface area contributed by atoms with Crippen LogP contribution in [0.3, 0.4) is 0 Å². The number of halogens is 1. The second kappa shape index (κ2) is 11.3. The summed E-state index contributed by atoms with van der Waals surface area (Å²) in [4.78, 5) is 11.0. The lowest BCUT2D eigenvalue weighted by molar-refractivity contribution is 0.134. The van der Waals surface area contributed by atoms with Gasteiger partial charge in [-0.2, -0.15) is 0 Å². The molecule has 0 radical (unpaired) electrons. The summed E-state index contributed by atoms with van der Waals surface area (Å²) in [5, 5.41) is 6.99. The van der Waals surface area contributed by atoms with Gasteiger partial charge in [-0.25, -0.2) is 4.98 Å². The van der Waals surface area contributed by atoms with Crippen molar-refractivity contribution in [1.29, 1.82) is 0 Å². The highest BCUT2D eigenvalue weighted by Crippen LogP contribution is 2.19. The Bertz CT molecular complexity index is 673. The van der Waals surface area contributed by atoms with Gasteiger partial charge < -0.3 is 15.2 Å². The first kappa shape index (κ1) is 21.7. The normalized spacial score (nSPS) is 20.7. The van der Waals surface area contributed by atoms with E-state index in [0.717, 1.165) is 45.0 Å². The largest absolute Gasteiger partial charge is 0.355 e. The number of aliphatic imine (C=N–C) groups is 1. The number of benzene rings is 1. The van der Waals surface area contributed by atoms with Crippen LogP contribution in [0.1, 0.15) is 25.3 Å². The van der Waals surface area contributed by atoms with Crippen molar-refractivity contribution in [3.63, 3.8) is 0 Å². The number of piperidine rings is 1. The predicted molar refractivity (Wildman–Crippen MR) is 121 cm³/mol. The molecule has 1 aliphatic rings. The molecular weight excluding hydrogens is 451 g/mol. The predicted octanol–water partition coefficient (Wildman–Crippen LogP) is 2.72. The van der Waals surface area contributed by atoms with Crippen LogP contribution < -0.4 is 10.6 Å². The second-order valence-corrected chi connectivity index (χ2v) is 6.97. The van der Waals surface area contributed by atoms with Crippen molar-refractivity contribution in [3.8, 4) is 0 Å². The van der Waals surface area contributed by atoms with Crippen molar-refractivity contribution in [2.75, 3.05) is 20.1 Å². The van der Waals surface area contributed by atoms with Crippen molar-refractivity contribution in [1.82, 2.24) is 25.1 Å². The lowest BCUT2D eigenvalue weighted by Gasteiger charge is -2.38. The third-order valence-electron chi connectivity index (χ3n) is 5.03. The summed E-state index contributed by atoms with van der Waals surface area (Å²) in [7, 11) is 1.83. The minimum atomic E-state index is 0. The second-order valence-electron chi connectivity index (χ2n) is 6.97. The first-order valence-electron chi connectivity index (χ1n) is 9.45. The fraction of sp³-hybridized carbons (Fsp3) is 0.500. The van der Waals surface area contributed by atoms with E-state index >= 15 is 0 Å². The smallest absolute Gasteiger partial charge is 0.191 e. The molecule has 0 bridgehead atoms. The Labute approximate surface area is 179 Å². The Morgan fingerprint density at radius 3 is 2.78 bits per heavy atom. The molecule has 0 spiro atoms. The molecule has 0 saturated carbocycles. The van der Waals surface area contributed by atoms with Crippen LogP contribution in [0.25, 0.3) is 0 Å². The van der Waals surface area contributed by atoms with Gasteiger partial charge in [-0.3, -0.25) is 9.89 Å². The average molecular weight is 482 g/mol. The molecule has 1 aliphatic heterocycles. The summed E-state index contributed by atoms with van der Waals surface area (Å²) in [5.74, 6) is 0.888. The molecule has 27 heavy (non-hydrogen) atoms. The van der Waals surface area contributed by atoms with Crippen LogP contribution >= 0.6 is 24.0 Å². The van der Waals surface area contributed by atoms with Gasteiger partial charge in [-0.15, -0.1) is 24.0 Å². The molecule has 0 amide bonds. The first-order valence-corrected chi connectivity index (χ1v) is 9.45. The lowest BCUT2D eigenvalue weighted by Crippen LogP contribution is -2.51. The van der Waals surface area contributed by atoms with Crippen LogP contribution in [0.2, 0.25) is 0 Å². The van der Waals surface area contributed by atoms with Crippen LogP contribution in [0.15, 0.2) is 54.0 Å². The highest BCUT2D eigenvalue weighted by atomic mass is 127. The molecule has 7 heteroatoms. The molecule has 2 aromatic rings. The van der Waals surface area contributed by atoms with E-state index in [9.17, 15) is 0 Å². The number of nitrogens with zero attached hydrogens (tertiary/aromatic N) is 4. The maximum absolute atomic E-state index is 4.37. The molecule has 6 nitrogen and oxygen atoms in total. The van der Waals surface area contributed by atoms with Gasteiger partial charge in [0.15, 0.2) is 5.96 Å². The van der Waals surface area contributed by atoms with Gasteiger partial charge in [0.05, 0.1) is 6.33 Å². The molecular formula is C20H31IN6. The number of imidazole rings is 1. The third kappa shape index (κ3) is 6.80. The van der Waals surface area contributed by atoms with Crippen molar-refractivity contribution >= 4 is 29.9 Å². The molecule has 1 fully saturated rings. The zero-order valence-corrected chi connectivity index (χ0v) is 18.5. The van der Waals surface area contributed by atoms with Gasteiger partial charge in [-0.1, -0.05) is 30.3 Å². The third-order valence-corrected chi connectivity index (χ3v) is 5.03. The Balaban J connectivity index is 0.00000261. The van der Waals surface area contributed by atoms with E-state index in [1.807, 2.05) is 19.6 Å². The van der Waals surface area contributed by atoms with Gasteiger partial charge in [0.25, 0.3) is 0 Å². The number of hydrogen-bond acceptors (Lipinski definition) is 3. The Morgan fingerprint density at radius 2 is 2.11 bits per heavy atom. The van der Waals surface area contributed by atoms with Crippen molar-refractivity contribution in [3.05, 3.63) is 54.6 Å². The minimum absolute atomic E-state index is 0. The van der Waals surface area contributed by atoms with E-state index in [1.54, 1.807) is 6.20 Å². The van der Waals surface area contributed by atoms with E-state index in [1.165, 1.54) is 5.56 Å². The molecule has 0 aliphatic carbocycles. The van der Waals surface area contributed by atoms with Crippen molar-refractivity contribution in [2.24, 2.45) is 4.99 Å². The van der Waals surface area contributed by atoms with Crippen LogP contribution in [0.4, 0.5) is 0 Å². The fourth-order valence-electron chi connectivity index (χ4n) is 3.52. The minimum Gasteiger partial charge on any atom is -0.355 e. The number of aromatic nitrogens is 2. The maximum atomic E-state index is 4.37. The molecule has 1 aromatic carbocycles. The molecule has 2 heterocycles. The monoisotopic (exact) mass is 482 g/mol. The lowest BCUT2D eigenvalue weighted by atomic mass is 9.97. The van der Waals surface area contributed by atoms with E-state index in [4.69, 9.17) is 0 Å². The molecule has 2 unspecified atom stereocenters. The van der Waals surface area contributed by atoms with Crippen LogP contribution in [0.5, 0.6) is 0 Å². The van der Waals surface area contributed by atoms with Gasteiger partial charge in [0.1, 0.15) is 0 Å². The molecule has 2 atom stereocenters. The van der Waals surface area contributed by atoms with Crippen LogP contribution in [0, 0.1) is 0 Å². The first-order chi connectivity index (χ1) is 12.7. The van der Waals surface area contributed by atoms with Gasteiger partial charge >= 0.3 is 0 Å². The topological polar surface area (TPSA) is 57.5 Å². The molecule has 3 rings (SSSR count). The molecule has 148 valence electrons. The quantitative estimate of drug-likeness (QED) is 0.378. The standard InChI is InChI=1S/C20H30N6.HI/c1-17-14-19(8-11-26(17)15-18-6-4-3-5-7-18)24-20(21-2)23-10-13-25-12-9-22-16-25;/h3-7,9,12,16-17,19H,8,10-11,13-15H2,1-2H3,(H2,21,23,24);1H. The molecule has 2 N–H and O–H groups in total. The zero-order valence-electron chi connectivity index (χ0n) is 16.2. The zero-order chi connectivity index (χ0) is 18.2. The summed E-state index contributed by atoms with van der Waals surface area (Å²) in [6.07, 6.45) is 7.89. The van der Waals surface area contributed by atoms with Gasteiger partial charge in [-0.05, 0) is 25.3 Å². The Morgan fingerprint density at radius 1 is 1.30 bits per heavy atom. The number of guanidine groups is 1. The molecule has 1 aromatic heterocycles. The summed E-state index contributed by atoms with van der Waals surface area (Å²) in [6.45, 7) is 6.18. The SMILES string of the molecule is CN=C(NCCn1ccnc1)NC1CCN(Cc2ccccc2)C(C)C1.I. The maximum Gasteiger partial charge on any atom is 0.191 e. The summed E-state index contributed by atoms with van der Waals surface area (Å²) >= 11 is 0. The van der Waals surface area contributed by atoms with E-state index in [0.29, 0.717) is 12.1 Å². The van der Waals surface area contributed by atoms with Crippen molar-refractivity contribution in [2.45, 2.75) is 44.9 Å². The highest BCUT2D eigenvalue weighted by molar-refractivity contribution is 14.0. The highest BCUT2D eigenvalue weighted by Gasteiger charge is 2.25. The number of rotatable bonds is 6. The number of nitrogens with one attached hydrogen (secondary N) is 2. The number of hydrogen-bond donors (Lipinski definition) is 2. The van der Waals surface area contributed by atoms with Crippen molar-refractivity contribution < 1.29 is 0 Å². The Kier molecular flexibility index (Phi) is 9.06. The van der Waals surface area contributed by atoms with Crippen LogP contribution in [-0.4, -0.2) is 52.6 Å². The summed E-state index contributed by atoms with van der Waals surface area (Å²) < 4.78 is 2.06. The average Bonchev–Trinajstić information content (AvgIpc) is 3.17. The van der Waals surface area contributed by atoms with E-state index < -0.39 is 0 Å². The van der Waals surface area contributed by atoms with Gasteiger partial charge in [0, 0.05) is 57.7 Å². The van der Waals surface area contributed by atoms with E-state index in [-0.39, 0.29) is 24.0 Å². The van der Waals surface area contributed by atoms with Gasteiger partial charge in [0.2, 0.25) is 0 Å². The fourth-order valence-corrected chi connectivity index (χ4v) is 3.52. The Hall–Kier alpha value is -1.61. The summed E-state index contributed by atoms with van der Waals surface area (Å²) in [6, 6.07) is 11.8. The molecule has 1 saturated heterocycles. The van der Waals surface area contributed by atoms with E-state index in [2.05, 4.69) is 67.3 Å². The summed E-state index contributed by atoms with van der Waals surface area (Å²) in [5.41, 5.74) is 1.39. The number of likely N-dealkylation sites (tertiary alicyclic amines) is 1.